The third kappa shape index (κ3) is 3.65. The molecule has 1 rings (SSSR count). The van der Waals surface area contributed by atoms with Crippen molar-refractivity contribution in [2.45, 2.75) is 32.9 Å². The van der Waals surface area contributed by atoms with Crippen molar-refractivity contribution in [1.29, 1.82) is 0 Å². The first kappa shape index (κ1) is 12.2. The van der Waals surface area contributed by atoms with Gasteiger partial charge in [-0.1, -0.05) is 24.3 Å². The fraction of sp³-hybridized carbons (Fsp3) is 0.538. The third-order valence-corrected chi connectivity index (χ3v) is 2.77. The molecular weight excluding hydrogens is 186 g/mol. The van der Waals surface area contributed by atoms with Crippen molar-refractivity contribution in [3.63, 3.8) is 0 Å². The summed E-state index contributed by atoms with van der Waals surface area (Å²) in [6, 6.07) is 8.85. The van der Waals surface area contributed by atoms with Crippen LogP contribution in [0.15, 0.2) is 24.3 Å². The number of ether oxygens (including phenoxy) is 1. The molecule has 0 spiro atoms. The summed E-state index contributed by atoms with van der Waals surface area (Å²) in [5.41, 5.74) is 2.70. The van der Waals surface area contributed by atoms with Crippen molar-refractivity contribution in [2.24, 2.45) is 0 Å². The Bertz CT molecular complexity index is 298. The van der Waals surface area contributed by atoms with Crippen LogP contribution in [0, 0.1) is 6.92 Å². The van der Waals surface area contributed by atoms with E-state index in [9.17, 15) is 0 Å². The Morgan fingerprint density at radius 1 is 1.27 bits per heavy atom. The molecule has 0 saturated carbocycles. The zero-order chi connectivity index (χ0) is 11.3. The largest absolute Gasteiger partial charge is 0.380 e. The molecule has 0 saturated heterocycles. The number of benzene rings is 1. The molecule has 0 fully saturated rings. The van der Waals surface area contributed by atoms with E-state index in [-0.39, 0.29) is 6.10 Å². The van der Waals surface area contributed by atoms with E-state index in [2.05, 4.69) is 50.4 Å². The van der Waals surface area contributed by atoms with Crippen LogP contribution in [0.4, 0.5) is 0 Å². The number of rotatable bonds is 5. The number of aryl methyl sites for hydroxylation is 1. The van der Waals surface area contributed by atoms with Crippen LogP contribution < -0.4 is 5.32 Å². The highest BCUT2D eigenvalue weighted by molar-refractivity contribution is 5.28. The summed E-state index contributed by atoms with van der Waals surface area (Å²) in [6.45, 7) is 7.28. The first-order valence-electron chi connectivity index (χ1n) is 5.47. The molecule has 0 aliphatic carbocycles. The van der Waals surface area contributed by atoms with Gasteiger partial charge in [0.15, 0.2) is 0 Å². The molecule has 2 atom stereocenters. The Balaban J connectivity index is 2.54. The fourth-order valence-corrected chi connectivity index (χ4v) is 1.61. The van der Waals surface area contributed by atoms with E-state index in [1.165, 1.54) is 11.1 Å². The van der Waals surface area contributed by atoms with Crippen molar-refractivity contribution in [3.05, 3.63) is 35.4 Å². The average molecular weight is 207 g/mol. The maximum Gasteiger partial charge on any atom is 0.0667 e. The lowest BCUT2D eigenvalue weighted by molar-refractivity contribution is 0.115. The smallest absolute Gasteiger partial charge is 0.0667 e. The zero-order valence-corrected chi connectivity index (χ0v) is 10.1. The summed E-state index contributed by atoms with van der Waals surface area (Å²) >= 11 is 0. The predicted octanol–water partition coefficient (Wildman–Crippen LogP) is 2.68. The Labute approximate surface area is 92.6 Å². The minimum Gasteiger partial charge on any atom is -0.380 e. The third-order valence-electron chi connectivity index (χ3n) is 2.77. The molecule has 1 N–H and O–H groups in total. The molecule has 0 amide bonds. The number of hydrogen-bond donors (Lipinski definition) is 1. The molecule has 2 heteroatoms. The number of methoxy groups -OCH3 is 1. The Morgan fingerprint density at radius 2 is 1.93 bits per heavy atom. The van der Waals surface area contributed by atoms with Gasteiger partial charge in [-0.05, 0) is 31.9 Å². The van der Waals surface area contributed by atoms with Crippen molar-refractivity contribution < 1.29 is 4.74 Å². The fourth-order valence-electron chi connectivity index (χ4n) is 1.61. The molecular formula is C13H21NO. The van der Waals surface area contributed by atoms with E-state index in [1.807, 2.05) is 0 Å². The highest BCUT2D eigenvalue weighted by Crippen LogP contribution is 2.16. The summed E-state index contributed by atoms with van der Waals surface area (Å²) in [4.78, 5) is 0. The molecule has 15 heavy (non-hydrogen) atoms. The van der Waals surface area contributed by atoms with Crippen LogP contribution in [0.25, 0.3) is 0 Å². The zero-order valence-electron chi connectivity index (χ0n) is 10.1. The second-order valence-corrected chi connectivity index (χ2v) is 4.03. The first-order chi connectivity index (χ1) is 7.15. The molecule has 0 radical (unpaired) electrons. The van der Waals surface area contributed by atoms with Gasteiger partial charge in [0.2, 0.25) is 0 Å². The summed E-state index contributed by atoms with van der Waals surface area (Å²) in [6.07, 6.45) is 0.261. The quantitative estimate of drug-likeness (QED) is 0.801. The summed E-state index contributed by atoms with van der Waals surface area (Å²) in [7, 11) is 1.74. The molecule has 2 nitrogen and oxygen atoms in total. The number of hydrogen-bond acceptors (Lipinski definition) is 2. The van der Waals surface area contributed by atoms with Gasteiger partial charge in [0.25, 0.3) is 0 Å². The lowest BCUT2D eigenvalue weighted by Gasteiger charge is -2.18. The van der Waals surface area contributed by atoms with Crippen LogP contribution in [0.3, 0.4) is 0 Å². The van der Waals surface area contributed by atoms with E-state index >= 15 is 0 Å². The van der Waals surface area contributed by atoms with Crippen molar-refractivity contribution in [2.75, 3.05) is 13.7 Å². The van der Waals surface area contributed by atoms with Crippen LogP contribution in [-0.2, 0) is 4.74 Å². The predicted molar refractivity (Wildman–Crippen MR) is 64.1 cm³/mol. The van der Waals surface area contributed by atoms with Crippen molar-refractivity contribution in [1.82, 2.24) is 5.32 Å². The molecule has 1 aromatic rings. The molecule has 0 bridgehead atoms. The molecule has 0 aromatic heterocycles. The number of nitrogens with one attached hydrogen (secondary N) is 1. The van der Waals surface area contributed by atoms with E-state index < -0.39 is 0 Å². The maximum absolute atomic E-state index is 5.20. The van der Waals surface area contributed by atoms with Crippen molar-refractivity contribution >= 4 is 0 Å². The lowest BCUT2D eigenvalue weighted by Crippen LogP contribution is -2.28. The first-order valence-corrected chi connectivity index (χ1v) is 5.47. The lowest BCUT2D eigenvalue weighted by atomic mass is 10.0. The van der Waals surface area contributed by atoms with Gasteiger partial charge in [-0.2, -0.15) is 0 Å². The van der Waals surface area contributed by atoms with Crippen LogP contribution in [0.2, 0.25) is 0 Å². The van der Waals surface area contributed by atoms with Crippen LogP contribution in [-0.4, -0.2) is 19.8 Å². The average Bonchev–Trinajstić information content (AvgIpc) is 2.26. The van der Waals surface area contributed by atoms with Gasteiger partial charge in [-0.3, -0.25) is 0 Å². The van der Waals surface area contributed by atoms with Gasteiger partial charge < -0.3 is 10.1 Å². The van der Waals surface area contributed by atoms with Crippen molar-refractivity contribution in [3.8, 4) is 0 Å². The molecule has 0 aliphatic rings. The second kappa shape index (κ2) is 5.89. The summed E-state index contributed by atoms with van der Waals surface area (Å²) < 4.78 is 5.20. The van der Waals surface area contributed by atoms with Gasteiger partial charge >= 0.3 is 0 Å². The molecule has 1 aromatic carbocycles. The summed E-state index contributed by atoms with van der Waals surface area (Å²) in [5, 5.41) is 3.47. The minimum absolute atomic E-state index is 0.261. The monoisotopic (exact) mass is 207 g/mol. The van der Waals surface area contributed by atoms with Gasteiger partial charge in [-0.25, -0.2) is 0 Å². The van der Waals surface area contributed by atoms with Gasteiger partial charge in [0.1, 0.15) is 0 Å². The molecule has 2 unspecified atom stereocenters. The Morgan fingerprint density at radius 3 is 2.53 bits per heavy atom. The van der Waals surface area contributed by atoms with Crippen LogP contribution in [0.5, 0.6) is 0 Å². The normalized spacial score (nSPS) is 14.9. The summed E-state index contributed by atoms with van der Waals surface area (Å²) in [5.74, 6) is 0. The van der Waals surface area contributed by atoms with E-state index in [0.29, 0.717) is 6.04 Å². The van der Waals surface area contributed by atoms with Gasteiger partial charge in [0, 0.05) is 19.7 Å². The Kier molecular flexibility index (Phi) is 4.79. The second-order valence-electron chi connectivity index (χ2n) is 4.03. The SMILES string of the molecule is COC(C)CNC(C)c1ccccc1C. The topological polar surface area (TPSA) is 21.3 Å². The van der Waals surface area contributed by atoms with Gasteiger partial charge in [0.05, 0.1) is 6.10 Å². The minimum atomic E-state index is 0.261. The van der Waals surface area contributed by atoms with E-state index in [4.69, 9.17) is 4.74 Å². The van der Waals surface area contributed by atoms with Crippen LogP contribution >= 0.6 is 0 Å². The van der Waals surface area contributed by atoms with E-state index in [1.54, 1.807) is 7.11 Å². The maximum atomic E-state index is 5.20. The van der Waals surface area contributed by atoms with Gasteiger partial charge in [-0.15, -0.1) is 0 Å². The molecule has 0 heterocycles. The molecule has 84 valence electrons. The van der Waals surface area contributed by atoms with Crippen LogP contribution in [0.1, 0.15) is 31.0 Å². The standard InChI is InChI=1S/C13H21NO/c1-10-7-5-6-8-13(10)12(3)14-9-11(2)15-4/h5-8,11-12,14H,9H2,1-4H3. The Hall–Kier alpha value is -0.860. The highest BCUT2D eigenvalue weighted by atomic mass is 16.5. The highest BCUT2D eigenvalue weighted by Gasteiger charge is 2.08. The molecule has 0 aliphatic heterocycles. The van der Waals surface area contributed by atoms with E-state index in [0.717, 1.165) is 6.54 Å².